The van der Waals surface area contributed by atoms with Gasteiger partial charge in [-0.25, -0.2) is 9.40 Å². The van der Waals surface area contributed by atoms with Crippen molar-refractivity contribution >= 4 is 41.1 Å². The number of alkyl halides is 2. The van der Waals surface area contributed by atoms with Crippen molar-refractivity contribution in [2.75, 3.05) is 19.6 Å². The minimum Gasteiger partial charge on any atom is -0.356 e. The molecular formula is C25H37ClFN5O5. The van der Waals surface area contributed by atoms with Crippen molar-refractivity contribution in [1.29, 1.82) is 0 Å². The molecule has 0 aromatic rings. The molecule has 2 saturated carbocycles. The predicted molar refractivity (Wildman–Crippen MR) is 132 cm³/mol. The third-order valence-electron chi connectivity index (χ3n) is 8.05. The van der Waals surface area contributed by atoms with Gasteiger partial charge in [-0.05, 0) is 49.4 Å². The zero-order chi connectivity index (χ0) is 27.1. The van der Waals surface area contributed by atoms with E-state index in [1.165, 1.54) is 4.90 Å². The van der Waals surface area contributed by atoms with Gasteiger partial charge in [-0.15, -0.1) is 0 Å². The van der Waals surface area contributed by atoms with Crippen molar-refractivity contribution in [3.05, 3.63) is 0 Å². The zero-order valence-corrected chi connectivity index (χ0v) is 22.4. The zero-order valence-electron chi connectivity index (χ0n) is 21.6. The molecule has 2 aliphatic heterocycles. The summed E-state index contributed by atoms with van der Waals surface area (Å²) in [5, 5.41) is 6.34. The molecule has 0 spiro atoms. The lowest BCUT2D eigenvalue weighted by Crippen LogP contribution is -2.61. The first-order valence-corrected chi connectivity index (χ1v) is 13.6. The van der Waals surface area contributed by atoms with E-state index >= 15 is 0 Å². The first-order chi connectivity index (χ1) is 17.4. The Bertz CT molecular complexity index is 952. The van der Waals surface area contributed by atoms with Gasteiger partial charge >= 0.3 is 0 Å². The molecule has 37 heavy (non-hydrogen) atoms. The molecule has 0 bridgehead atoms. The van der Waals surface area contributed by atoms with E-state index in [0.717, 1.165) is 37.1 Å². The second-order valence-corrected chi connectivity index (χ2v) is 12.3. The highest BCUT2D eigenvalue weighted by Crippen LogP contribution is 2.43. The van der Waals surface area contributed by atoms with Crippen molar-refractivity contribution in [2.45, 2.75) is 77.0 Å². The minimum atomic E-state index is -2.40. The molecule has 4 rings (SSSR count). The Morgan fingerprint density at radius 1 is 1.14 bits per heavy atom. The van der Waals surface area contributed by atoms with Crippen LogP contribution in [0.15, 0.2) is 0 Å². The lowest BCUT2D eigenvalue weighted by molar-refractivity contribution is -0.150. The number of amides is 5. The number of hydrogen-bond donors (Lipinski definition) is 3. The molecule has 0 aromatic carbocycles. The third-order valence-corrected chi connectivity index (χ3v) is 8.24. The first-order valence-electron chi connectivity index (χ1n) is 13.2. The molecule has 4 fully saturated rings. The molecule has 206 valence electrons. The van der Waals surface area contributed by atoms with Gasteiger partial charge < -0.3 is 15.5 Å². The molecular weight excluding hydrogens is 505 g/mol. The molecule has 3 N–H and O–H groups in total. The van der Waals surface area contributed by atoms with Gasteiger partial charge in [-0.3, -0.25) is 29.4 Å². The maximum Gasteiger partial charge on any atom is 0.291 e. The van der Waals surface area contributed by atoms with Crippen LogP contribution < -0.4 is 16.1 Å². The normalized spacial score (nSPS) is 28.8. The maximum atomic E-state index is 13.9. The van der Waals surface area contributed by atoms with Gasteiger partial charge in [-0.2, -0.15) is 0 Å². The van der Waals surface area contributed by atoms with E-state index in [-0.39, 0.29) is 42.0 Å². The number of nitrogens with one attached hydrogen (secondary N) is 3. The van der Waals surface area contributed by atoms with Crippen LogP contribution in [-0.2, 0) is 24.0 Å². The average Bonchev–Trinajstić information content (AvgIpc) is 3.28. The van der Waals surface area contributed by atoms with E-state index in [4.69, 9.17) is 11.6 Å². The van der Waals surface area contributed by atoms with Gasteiger partial charge in [0.1, 0.15) is 12.1 Å². The summed E-state index contributed by atoms with van der Waals surface area (Å²) in [4.78, 5) is 66.2. The highest BCUT2D eigenvalue weighted by atomic mass is 35.5. The number of nitrogens with zero attached hydrogens (tertiary/aromatic N) is 2. The highest BCUT2D eigenvalue weighted by Gasteiger charge is 2.52. The van der Waals surface area contributed by atoms with Gasteiger partial charge in [0.2, 0.25) is 17.7 Å². The molecule has 4 aliphatic rings. The van der Waals surface area contributed by atoms with E-state index in [1.54, 1.807) is 0 Å². The second-order valence-electron chi connectivity index (χ2n) is 11.9. The highest BCUT2D eigenvalue weighted by molar-refractivity contribution is 6.29. The van der Waals surface area contributed by atoms with Crippen molar-refractivity contribution in [3.63, 3.8) is 0 Å². The van der Waals surface area contributed by atoms with E-state index in [2.05, 4.69) is 16.1 Å². The van der Waals surface area contributed by atoms with Crippen LogP contribution in [0.2, 0.25) is 0 Å². The number of rotatable bonds is 7. The second kappa shape index (κ2) is 10.7. The Morgan fingerprint density at radius 2 is 1.84 bits per heavy atom. The van der Waals surface area contributed by atoms with Crippen LogP contribution in [-0.4, -0.2) is 76.8 Å². The van der Waals surface area contributed by atoms with Gasteiger partial charge in [-0.1, -0.05) is 38.8 Å². The van der Waals surface area contributed by atoms with Crippen LogP contribution in [0, 0.1) is 29.1 Å². The monoisotopic (exact) mass is 541 g/mol. The molecule has 12 heteroatoms. The van der Waals surface area contributed by atoms with Crippen LogP contribution in [0.1, 0.15) is 59.3 Å². The SMILES string of the molecule is CC(C)(C)C(NC(=O)C1CC1)C(=O)N1C[C@@H]2CCC[C@@H]2[C@H]1C(=O)NN(C[C@@H]1CCNC1=O)C(=O)C(F)Cl. The van der Waals surface area contributed by atoms with Gasteiger partial charge in [0.15, 0.2) is 0 Å². The fourth-order valence-corrected chi connectivity index (χ4v) is 5.95. The summed E-state index contributed by atoms with van der Waals surface area (Å²) in [6, 6.07) is -1.71. The molecule has 10 nitrogen and oxygen atoms in total. The van der Waals surface area contributed by atoms with Crippen LogP contribution in [0.3, 0.4) is 0 Å². The number of carbonyl (C=O) groups excluding carboxylic acids is 5. The summed E-state index contributed by atoms with van der Waals surface area (Å²) in [5.41, 5.74) is -0.503. The van der Waals surface area contributed by atoms with E-state index in [9.17, 15) is 28.4 Å². The number of fused-ring (bicyclic) bond motifs is 1. The van der Waals surface area contributed by atoms with E-state index < -0.39 is 40.9 Å². The van der Waals surface area contributed by atoms with Crippen LogP contribution >= 0.6 is 11.6 Å². The van der Waals surface area contributed by atoms with Crippen molar-refractivity contribution < 1.29 is 28.4 Å². The molecule has 2 saturated heterocycles. The smallest absolute Gasteiger partial charge is 0.291 e. The Morgan fingerprint density at radius 3 is 2.41 bits per heavy atom. The Kier molecular flexibility index (Phi) is 8.02. The summed E-state index contributed by atoms with van der Waals surface area (Å²) in [6.45, 7) is 6.17. The van der Waals surface area contributed by atoms with Crippen molar-refractivity contribution in [1.82, 2.24) is 26.0 Å². The number of carbonyl (C=O) groups is 5. The first kappa shape index (κ1) is 27.6. The molecule has 0 radical (unpaired) electrons. The third kappa shape index (κ3) is 6.02. The van der Waals surface area contributed by atoms with Gasteiger partial charge in [0.05, 0.1) is 12.5 Å². The molecule has 0 aromatic heterocycles. The Balaban J connectivity index is 1.55. The standard InChI is InChI=1S/C25H37ClFN5O5/c1-25(2,3)18(29-21(34)13-7-8-13)23(36)31-11-14-5-4-6-16(14)17(31)22(35)30-32(24(37)19(26)27)12-15-9-10-28-20(15)33/h13-19H,4-12H2,1-3H3,(H,28,33)(H,29,34)(H,30,35)/t14-,15-,16-,17-,18?,19?/m0/s1. The fraction of sp³-hybridized carbons (Fsp3) is 0.800. The quantitative estimate of drug-likeness (QED) is 0.328. The summed E-state index contributed by atoms with van der Waals surface area (Å²) < 4.78 is 13.8. The summed E-state index contributed by atoms with van der Waals surface area (Å²) in [5.74, 6) is -3.26. The van der Waals surface area contributed by atoms with Crippen LogP contribution in [0.25, 0.3) is 0 Å². The topological polar surface area (TPSA) is 128 Å². The predicted octanol–water partition coefficient (Wildman–Crippen LogP) is 1.08. The molecule has 2 heterocycles. The van der Waals surface area contributed by atoms with Gasteiger partial charge in [0, 0.05) is 19.0 Å². The van der Waals surface area contributed by atoms with E-state index in [0.29, 0.717) is 19.5 Å². The van der Waals surface area contributed by atoms with Crippen molar-refractivity contribution in [3.8, 4) is 0 Å². The summed E-state index contributed by atoms with van der Waals surface area (Å²) in [7, 11) is 0. The lowest BCUT2D eigenvalue weighted by atomic mass is 9.85. The average molecular weight is 542 g/mol. The maximum absolute atomic E-state index is 13.9. The number of halogens is 2. The summed E-state index contributed by atoms with van der Waals surface area (Å²) >= 11 is 5.41. The molecule has 6 atom stereocenters. The van der Waals surface area contributed by atoms with Gasteiger partial charge in [0.25, 0.3) is 17.4 Å². The molecule has 2 aliphatic carbocycles. The van der Waals surface area contributed by atoms with Crippen LogP contribution in [0.5, 0.6) is 0 Å². The Hall–Kier alpha value is -2.43. The largest absolute Gasteiger partial charge is 0.356 e. The van der Waals surface area contributed by atoms with E-state index in [1.807, 2.05) is 20.8 Å². The molecule has 5 amide bonds. The van der Waals surface area contributed by atoms with Crippen molar-refractivity contribution in [2.24, 2.45) is 29.1 Å². The number of hydrogen-bond acceptors (Lipinski definition) is 5. The number of hydrazine groups is 1. The minimum absolute atomic E-state index is 0.0775. The summed E-state index contributed by atoms with van der Waals surface area (Å²) in [6.07, 6.45) is 4.56. The van der Waals surface area contributed by atoms with Crippen LogP contribution in [0.4, 0.5) is 4.39 Å². The Labute approximate surface area is 221 Å². The lowest BCUT2D eigenvalue weighted by Gasteiger charge is -2.37. The molecule has 2 unspecified atom stereocenters. The fourth-order valence-electron chi connectivity index (χ4n) is 5.84. The number of likely N-dealkylation sites (tertiary alicyclic amines) is 1.